The molecule has 0 aliphatic carbocycles. The van der Waals surface area contributed by atoms with E-state index in [9.17, 15) is 0 Å². The molecule has 1 aromatic heterocycles. The summed E-state index contributed by atoms with van der Waals surface area (Å²) >= 11 is 6.87. The molecule has 1 atom stereocenters. The molecule has 0 aliphatic rings. The van der Waals surface area contributed by atoms with Gasteiger partial charge in [-0.05, 0) is 62.7 Å². The van der Waals surface area contributed by atoms with Crippen molar-refractivity contribution in [3.63, 3.8) is 0 Å². The van der Waals surface area contributed by atoms with E-state index in [1.807, 2.05) is 24.3 Å². The minimum Gasteiger partial charge on any atom is -0.495 e. The first-order valence-corrected chi connectivity index (χ1v) is 8.10. The van der Waals surface area contributed by atoms with E-state index in [1.54, 1.807) is 14.2 Å². The largest absolute Gasteiger partial charge is 0.495 e. The van der Waals surface area contributed by atoms with Crippen LogP contribution >= 0.6 is 31.9 Å². The quantitative estimate of drug-likeness (QED) is 0.748. The summed E-state index contributed by atoms with van der Waals surface area (Å²) in [6.45, 7) is 2.85. The van der Waals surface area contributed by atoms with Gasteiger partial charge in [0.25, 0.3) is 0 Å². The maximum absolute atomic E-state index is 5.70. The normalized spacial score (nSPS) is 12.2. The molecule has 1 unspecified atom stereocenters. The van der Waals surface area contributed by atoms with Crippen LogP contribution in [-0.2, 0) is 0 Å². The van der Waals surface area contributed by atoms with Crippen molar-refractivity contribution in [1.29, 1.82) is 0 Å². The van der Waals surface area contributed by atoms with Crippen molar-refractivity contribution in [2.24, 2.45) is 0 Å². The van der Waals surface area contributed by atoms with Gasteiger partial charge in [0.1, 0.15) is 21.7 Å². The SMILES string of the molecule is CCNC(c1ccc(Br)o1)c1ccc(OC)c(Br)c1OC. The Balaban J connectivity index is 2.52. The van der Waals surface area contributed by atoms with Gasteiger partial charge in [-0.3, -0.25) is 0 Å². The number of halogens is 2. The van der Waals surface area contributed by atoms with Crippen molar-refractivity contribution in [3.8, 4) is 11.5 Å². The van der Waals surface area contributed by atoms with Crippen molar-refractivity contribution in [2.45, 2.75) is 13.0 Å². The third-order valence-corrected chi connectivity index (χ3v) is 4.29. The van der Waals surface area contributed by atoms with Gasteiger partial charge in [-0.2, -0.15) is 0 Å². The molecule has 114 valence electrons. The van der Waals surface area contributed by atoms with Crippen LogP contribution in [0.1, 0.15) is 24.3 Å². The average Bonchev–Trinajstić information content (AvgIpc) is 2.91. The molecule has 0 bridgehead atoms. The minimum absolute atomic E-state index is 0.0987. The summed E-state index contributed by atoms with van der Waals surface area (Å²) in [6, 6.07) is 7.61. The monoisotopic (exact) mass is 417 g/mol. The zero-order valence-electron chi connectivity index (χ0n) is 12.1. The van der Waals surface area contributed by atoms with Crippen LogP contribution in [-0.4, -0.2) is 20.8 Å². The fraction of sp³-hybridized carbons (Fsp3) is 0.333. The number of nitrogens with one attached hydrogen (secondary N) is 1. The summed E-state index contributed by atoms with van der Waals surface area (Å²) < 4.78 is 18.1. The molecule has 21 heavy (non-hydrogen) atoms. The first-order valence-electron chi connectivity index (χ1n) is 6.51. The van der Waals surface area contributed by atoms with Crippen LogP contribution in [0.3, 0.4) is 0 Å². The molecular formula is C15H17Br2NO3. The highest BCUT2D eigenvalue weighted by Gasteiger charge is 2.23. The molecule has 2 rings (SSSR count). The highest BCUT2D eigenvalue weighted by Crippen LogP contribution is 2.41. The Labute approximate surface area is 141 Å². The predicted molar refractivity (Wildman–Crippen MR) is 89.2 cm³/mol. The fourth-order valence-electron chi connectivity index (χ4n) is 2.20. The summed E-state index contributed by atoms with van der Waals surface area (Å²) in [5.41, 5.74) is 0.980. The standard InChI is InChI=1S/C15H17Br2NO3/c1-4-18-14(11-7-8-12(16)21-11)9-5-6-10(19-2)13(17)15(9)20-3/h5-8,14,18H,4H2,1-3H3. The zero-order chi connectivity index (χ0) is 15.4. The molecular weight excluding hydrogens is 402 g/mol. The maximum atomic E-state index is 5.70. The van der Waals surface area contributed by atoms with Crippen molar-refractivity contribution in [2.75, 3.05) is 20.8 Å². The molecule has 0 radical (unpaired) electrons. The molecule has 1 aromatic carbocycles. The lowest BCUT2D eigenvalue weighted by atomic mass is 10.0. The van der Waals surface area contributed by atoms with Crippen LogP contribution in [0, 0.1) is 0 Å². The zero-order valence-corrected chi connectivity index (χ0v) is 15.2. The van der Waals surface area contributed by atoms with Gasteiger partial charge in [0.15, 0.2) is 4.67 Å². The van der Waals surface area contributed by atoms with Crippen LogP contribution in [0.2, 0.25) is 0 Å². The summed E-state index contributed by atoms with van der Waals surface area (Å²) in [5, 5.41) is 3.41. The lowest BCUT2D eigenvalue weighted by Gasteiger charge is -2.20. The molecule has 0 amide bonds. The van der Waals surface area contributed by atoms with Crippen molar-refractivity contribution in [3.05, 3.63) is 44.7 Å². The molecule has 0 saturated carbocycles. The van der Waals surface area contributed by atoms with Crippen LogP contribution < -0.4 is 14.8 Å². The third kappa shape index (κ3) is 3.44. The van der Waals surface area contributed by atoms with Crippen LogP contribution in [0.4, 0.5) is 0 Å². The van der Waals surface area contributed by atoms with E-state index in [4.69, 9.17) is 13.9 Å². The van der Waals surface area contributed by atoms with Crippen molar-refractivity contribution in [1.82, 2.24) is 5.32 Å². The van der Waals surface area contributed by atoms with Crippen molar-refractivity contribution >= 4 is 31.9 Å². The lowest BCUT2D eigenvalue weighted by molar-refractivity contribution is 0.375. The molecule has 4 nitrogen and oxygen atoms in total. The van der Waals surface area contributed by atoms with Crippen LogP contribution in [0.25, 0.3) is 0 Å². The maximum Gasteiger partial charge on any atom is 0.169 e. The number of hydrogen-bond donors (Lipinski definition) is 1. The minimum atomic E-state index is -0.0987. The van der Waals surface area contributed by atoms with E-state index in [0.717, 1.165) is 33.8 Å². The highest BCUT2D eigenvalue weighted by molar-refractivity contribution is 9.10. The number of rotatable bonds is 6. The van der Waals surface area contributed by atoms with E-state index in [-0.39, 0.29) is 6.04 Å². The number of methoxy groups -OCH3 is 2. The number of benzene rings is 1. The highest BCUT2D eigenvalue weighted by atomic mass is 79.9. The van der Waals surface area contributed by atoms with E-state index in [2.05, 4.69) is 44.1 Å². The smallest absolute Gasteiger partial charge is 0.169 e. The average molecular weight is 419 g/mol. The Kier molecular flexibility index (Phi) is 5.72. The number of furan rings is 1. The third-order valence-electron chi connectivity index (χ3n) is 3.11. The van der Waals surface area contributed by atoms with Gasteiger partial charge in [0.05, 0.1) is 20.3 Å². The van der Waals surface area contributed by atoms with Gasteiger partial charge < -0.3 is 19.2 Å². The second-order valence-corrected chi connectivity index (χ2v) is 5.91. The second-order valence-electron chi connectivity index (χ2n) is 4.34. The summed E-state index contributed by atoms with van der Waals surface area (Å²) in [5.74, 6) is 2.28. The van der Waals surface area contributed by atoms with E-state index in [0.29, 0.717) is 4.67 Å². The van der Waals surface area contributed by atoms with Gasteiger partial charge >= 0.3 is 0 Å². The van der Waals surface area contributed by atoms with Gasteiger partial charge in [0, 0.05) is 5.56 Å². The van der Waals surface area contributed by atoms with Crippen LogP contribution in [0.5, 0.6) is 11.5 Å². The number of ether oxygens (including phenoxy) is 2. The lowest BCUT2D eigenvalue weighted by Crippen LogP contribution is -2.22. The van der Waals surface area contributed by atoms with Gasteiger partial charge in [-0.15, -0.1) is 0 Å². The summed E-state index contributed by atoms with van der Waals surface area (Å²) in [4.78, 5) is 0. The Hall–Kier alpha value is -0.980. The molecule has 0 spiro atoms. The first-order chi connectivity index (χ1) is 10.1. The Bertz CT molecular complexity index is 613. The molecule has 0 fully saturated rings. The molecule has 6 heteroatoms. The van der Waals surface area contributed by atoms with Gasteiger partial charge in [-0.1, -0.05) is 6.92 Å². The predicted octanol–water partition coefficient (Wildman–Crippen LogP) is 4.52. The molecule has 0 aliphatic heterocycles. The van der Waals surface area contributed by atoms with Crippen molar-refractivity contribution < 1.29 is 13.9 Å². The molecule has 1 heterocycles. The Morgan fingerprint density at radius 2 is 1.90 bits per heavy atom. The molecule has 2 aromatic rings. The Morgan fingerprint density at radius 1 is 1.14 bits per heavy atom. The second kappa shape index (κ2) is 7.33. The van der Waals surface area contributed by atoms with Gasteiger partial charge in [0.2, 0.25) is 0 Å². The topological polar surface area (TPSA) is 43.6 Å². The Morgan fingerprint density at radius 3 is 2.43 bits per heavy atom. The van der Waals surface area contributed by atoms with Crippen LogP contribution in [0.15, 0.2) is 37.8 Å². The van der Waals surface area contributed by atoms with E-state index < -0.39 is 0 Å². The molecule has 1 N–H and O–H groups in total. The first kappa shape index (κ1) is 16.4. The summed E-state index contributed by atoms with van der Waals surface area (Å²) in [7, 11) is 3.27. The van der Waals surface area contributed by atoms with E-state index >= 15 is 0 Å². The van der Waals surface area contributed by atoms with Gasteiger partial charge in [-0.25, -0.2) is 0 Å². The summed E-state index contributed by atoms with van der Waals surface area (Å²) in [6.07, 6.45) is 0. The van der Waals surface area contributed by atoms with E-state index in [1.165, 1.54) is 0 Å². The fourth-order valence-corrected chi connectivity index (χ4v) is 3.20. The number of hydrogen-bond acceptors (Lipinski definition) is 4. The molecule has 0 saturated heterocycles.